The lowest BCUT2D eigenvalue weighted by atomic mass is 9.98. The summed E-state index contributed by atoms with van der Waals surface area (Å²) >= 11 is 0. The first kappa shape index (κ1) is 46.3. The molecule has 0 saturated heterocycles. The average Bonchev–Trinajstić information content (AvgIpc) is 3.42. The Morgan fingerprint density at radius 1 is 0.333 bits per heavy atom. The average molecular weight is 963 g/mol. The van der Waals surface area contributed by atoms with E-state index < -0.39 is 16.2 Å². The van der Waals surface area contributed by atoms with Gasteiger partial charge in [-0.3, -0.25) is 27.1 Å². The van der Waals surface area contributed by atoms with E-state index in [1.807, 2.05) is 206 Å². The number of nitrogens with one attached hydrogen (secondary N) is 2. The maximum atomic E-state index is 7.00. The molecule has 0 radical (unpaired) electrons. The SMILES string of the molecule is COc1ccc2c(c1N[P+](Oc1ccccc1)(Oc1ccccc1)Oc1ccccc1)-c1c(ccc(OC)c1N[P+](Oc1ccccc1)(Oc1ccccc1)Oc1ccccc1)OCCCCCO2. The highest BCUT2D eigenvalue weighted by molar-refractivity contribution is 7.64. The van der Waals surface area contributed by atoms with Crippen LogP contribution >= 0.6 is 16.2 Å². The number of rotatable bonds is 18. The lowest BCUT2D eigenvalue weighted by molar-refractivity contribution is 0.284. The molecule has 14 heteroatoms. The van der Waals surface area contributed by atoms with Gasteiger partial charge < -0.3 is 18.9 Å². The Balaban J connectivity index is 1.32. The fraction of sp³-hybridized carbons (Fsp3) is 0.127. The summed E-state index contributed by atoms with van der Waals surface area (Å²) in [6.45, 7) is 0.815. The number of methoxy groups -OCH3 is 2. The molecule has 12 nitrogen and oxygen atoms in total. The third kappa shape index (κ3) is 11.7. The van der Waals surface area contributed by atoms with Crippen LogP contribution in [0.5, 0.6) is 57.5 Å². The second-order valence-corrected chi connectivity index (χ2v) is 19.0. The number of ether oxygens (including phenoxy) is 4. The number of para-hydroxylation sites is 6. The molecule has 0 bridgehead atoms. The summed E-state index contributed by atoms with van der Waals surface area (Å²) in [4.78, 5) is 0. The Hall–Kier alpha value is -7.78. The van der Waals surface area contributed by atoms with Crippen molar-refractivity contribution >= 4 is 27.6 Å². The van der Waals surface area contributed by atoms with Gasteiger partial charge in [0.25, 0.3) is 0 Å². The van der Waals surface area contributed by atoms with Crippen LogP contribution in [0, 0.1) is 0 Å². The molecule has 69 heavy (non-hydrogen) atoms. The number of anilines is 2. The number of benzene rings is 8. The normalized spacial score (nSPS) is 12.4. The Morgan fingerprint density at radius 3 is 0.841 bits per heavy atom. The van der Waals surface area contributed by atoms with Gasteiger partial charge in [-0.1, -0.05) is 109 Å². The number of hydrogen-bond donors (Lipinski definition) is 2. The molecule has 0 fully saturated rings. The zero-order valence-electron chi connectivity index (χ0n) is 38.1. The van der Waals surface area contributed by atoms with Gasteiger partial charge in [-0.25, -0.2) is 0 Å². The molecule has 0 saturated carbocycles. The molecule has 1 heterocycles. The molecular weight excluding hydrogens is 911 g/mol. The minimum Gasteiger partial charge on any atom is -0.494 e. The van der Waals surface area contributed by atoms with Crippen molar-refractivity contribution in [3.63, 3.8) is 0 Å². The fourth-order valence-corrected chi connectivity index (χ4v) is 11.3. The monoisotopic (exact) mass is 962 g/mol. The van der Waals surface area contributed by atoms with Crippen LogP contribution in [0.1, 0.15) is 19.3 Å². The quantitative estimate of drug-likeness (QED) is 0.0798. The third-order valence-corrected chi connectivity index (χ3v) is 14.3. The van der Waals surface area contributed by atoms with Crippen molar-refractivity contribution in [3.05, 3.63) is 206 Å². The van der Waals surface area contributed by atoms with Gasteiger partial charge >= 0.3 is 16.2 Å². The minimum atomic E-state index is -3.89. The lowest BCUT2D eigenvalue weighted by Gasteiger charge is -2.28. The summed E-state index contributed by atoms with van der Waals surface area (Å²) < 4.78 is 68.2. The van der Waals surface area contributed by atoms with Crippen LogP contribution in [0.4, 0.5) is 11.4 Å². The van der Waals surface area contributed by atoms with Gasteiger partial charge in [0.15, 0.2) is 34.5 Å². The summed E-state index contributed by atoms with van der Waals surface area (Å²) in [5.41, 5.74) is 1.79. The molecule has 350 valence electrons. The van der Waals surface area contributed by atoms with Crippen molar-refractivity contribution < 1.29 is 46.1 Å². The van der Waals surface area contributed by atoms with Gasteiger partial charge in [0.2, 0.25) is 0 Å². The van der Waals surface area contributed by atoms with Gasteiger partial charge in [-0.2, -0.15) is 10.2 Å². The summed E-state index contributed by atoms with van der Waals surface area (Å²) in [7, 11) is -4.59. The number of hydrogen-bond acceptors (Lipinski definition) is 12. The molecule has 0 atom stereocenters. The van der Waals surface area contributed by atoms with E-state index in [1.165, 1.54) is 0 Å². The van der Waals surface area contributed by atoms with Crippen molar-refractivity contribution in [3.8, 4) is 68.6 Å². The van der Waals surface area contributed by atoms with Gasteiger partial charge in [0, 0.05) is 0 Å². The highest BCUT2D eigenvalue weighted by Gasteiger charge is 2.56. The molecule has 8 aromatic rings. The summed E-state index contributed by atoms with van der Waals surface area (Å²) in [5, 5.41) is 7.41. The predicted molar refractivity (Wildman–Crippen MR) is 273 cm³/mol. The van der Waals surface area contributed by atoms with E-state index in [-0.39, 0.29) is 0 Å². The van der Waals surface area contributed by atoms with Crippen LogP contribution in [0.3, 0.4) is 0 Å². The highest BCUT2D eigenvalue weighted by Crippen LogP contribution is 2.66. The molecule has 0 amide bonds. The van der Waals surface area contributed by atoms with E-state index in [0.29, 0.717) is 93.2 Å². The van der Waals surface area contributed by atoms with E-state index >= 15 is 0 Å². The second-order valence-electron chi connectivity index (χ2n) is 15.4. The van der Waals surface area contributed by atoms with Crippen molar-refractivity contribution in [1.29, 1.82) is 0 Å². The Labute approximate surface area is 403 Å². The van der Waals surface area contributed by atoms with E-state index in [4.69, 9.17) is 46.1 Å². The Morgan fingerprint density at radius 2 is 0.594 bits per heavy atom. The molecule has 8 aromatic carbocycles. The molecule has 0 unspecified atom stereocenters. The van der Waals surface area contributed by atoms with Gasteiger partial charge in [0.1, 0.15) is 34.4 Å². The molecule has 1 aliphatic rings. The van der Waals surface area contributed by atoms with E-state index in [0.717, 1.165) is 19.3 Å². The van der Waals surface area contributed by atoms with Crippen molar-refractivity contribution in [2.75, 3.05) is 37.6 Å². The first-order chi connectivity index (χ1) is 34.0. The molecule has 2 N–H and O–H groups in total. The van der Waals surface area contributed by atoms with Crippen molar-refractivity contribution in [2.45, 2.75) is 19.3 Å². The topological polar surface area (TPSA) is 116 Å². The maximum absolute atomic E-state index is 7.00. The maximum Gasteiger partial charge on any atom is 0.667 e. The van der Waals surface area contributed by atoms with E-state index in [2.05, 4.69) is 10.2 Å². The van der Waals surface area contributed by atoms with Gasteiger partial charge in [0.05, 0.1) is 38.6 Å². The molecule has 0 aliphatic carbocycles. The van der Waals surface area contributed by atoms with Gasteiger partial charge in [-0.05, 0) is 116 Å². The summed E-state index contributed by atoms with van der Waals surface area (Å²) in [6, 6.07) is 63.7. The summed E-state index contributed by atoms with van der Waals surface area (Å²) in [5.74, 6) is 4.70. The van der Waals surface area contributed by atoms with Crippen LogP contribution < -0.4 is 56.3 Å². The third-order valence-electron chi connectivity index (χ3n) is 10.6. The first-order valence-electron chi connectivity index (χ1n) is 22.5. The van der Waals surface area contributed by atoms with Crippen molar-refractivity contribution in [2.24, 2.45) is 0 Å². The molecule has 0 spiro atoms. The zero-order chi connectivity index (χ0) is 47.1. The van der Waals surface area contributed by atoms with Crippen molar-refractivity contribution in [1.82, 2.24) is 0 Å². The smallest absolute Gasteiger partial charge is 0.494 e. The van der Waals surface area contributed by atoms with Crippen LogP contribution in [0.25, 0.3) is 11.1 Å². The zero-order valence-corrected chi connectivity index (χ0v) is 39.9. The first-order valence-corrected chi connectivity index (χ1v) is 25.6. The Kier molecular flexibility index (Phi) is 15.0. The standard InChI is InChI=1S/C55H52N2O10P2/c1-58-50-38-36-48-52(54(50)56-68(62-42-24-10-3-11-25-42,63-43-26-12-4-13-27-43)64-44-28-14-5-15-29-44)53-49(61-41-23-9-22-40-60-48)37-39-51(59-2)55(53)57-69(65-45-30-16-6-17-31-45,66-46-32-18-7-19-33-46)67-47-34-20-8-21-35-47/h3-8,10-21,24-39,56-57H,9,22-23,40-41H2,1-2H3/q+2. The molecular formula is C55H52N2O10P2+2. The molecule has 9 rings (SSSR count). The van der Waals surface area contributed by atoms with Crippen LogP contribution in [-0.4, -0.2) is 27.4 Å². The van der Waals surface area contributed by atoms with Crippen LogP contribution in [0.2, 0.25) is 0 Å². The molecule has 1 aliphatic heterocycles. The fourth-order valence-electron chi connectivity index (χ4n) is 7.42. The minimum absolute atomic E-state index is 0.396. The Bertz CT molecular complexity index is 2460. The second kappa shape index (κ2) is 22.3. The highest BCUT2D eigenvalue weighted by atomic mass is 31.2. The predicted octanol–water partition coefficient (Wildman–Crippen LogP) is 15.0. The van der Waals surface area contributed by atoms with Gasteiger partial charge in [-0.15, -0.1) is 0 Å². The summed E-state index contributed by atoms with van der Waals surface area (Å²) in [6.07, 6.45) is 2.43. The van der Waals surface area contributed by atoms with Crippen LogP contribution in [0.15, 0.2) is 206 Å². The lowest BCUT2D eigenvalue weighted by Crippen LogP contribution is -2.24. The molecule has 0 aromatic heterocycles. The van der Waals surface area contributed by atoms with E-state index in [9.17, 15) is 0 Å². The van der Waals surface area contributed by atoms with E-state index in [1.54, 1.807) is 14.2 Å². The van der Waals surface area contributed by atoms with Crippen LogP contribution in [-0.2, 0) is 0 Å². The number of fused-ring (bicyclic) bond motifs is 3. The largest absolute Gasteiger partial charge is 0.667 e.